The second kappa shape index (κ2) is 6.06. The summed E-state index contributed by atoms with van der Waals surface area (Å²) in [6.45, 7) is 0.866. The van der Waals surface area contributed by atoms with Crippen molar-refractivity contribution in [3.05, 3.63) is 53.3 Å². The Bertz CT molecular complexity index is 674. The van der Waals surface area contributed by atoms with Crippen LogP contribution in [0.5, 0.6) is 0 Å². The van der Waals surface area contributed by atoms with Gasteiger partial charge in [-0.3, -0.25) is 9.89 Å². The van der Waals surface area contributed by atoms with Crippen molar-refractivity contribution >= 4 is 5.91 Å². The van der Waals surface area contributed by atoms with Crippen molar-refractivity contribution in [3.8, 4) is 0 Å². The average Bonchev–Trinajstić information content (AvgIpc) is 3.08. The summed E-state index contributed by atoms with van der Waals surface area (Å²) >= 11 is 0. The maximum absolute atomic E-state index is 13.1. The molecule has 4 nitrogen and oxygen atoms in total. The van der Waals surface area contributed by atoms with Gasteiger partial charge in [-0.1, -0.05) is 18.2 Å². The monoisotopic (exact) mass is 323 g/mol. The third-order valence-corrected chi connectivity index (χ3v) is 4.21. The Morgan fingerprint density at radius 1 is 1.17 bits per heavy atom. The topological polar surface area (TPSA) is 49.0 Å². The fourth-order valence-electron chi connectivity index (χ4n) is 3.05. The van der Waals surface area contributed by atoms with Crippen LogP contribution < -0.4 is 0 Å². The van der Waals surface area contributed by atoms with Crippen LogP contribution in [0.15, 0.2) is 36.5 Å². The summed E-state index contributed by atoms with van der Waals surface area (Å²) in [6, 6.07) is 7.29. The molecule has 1 aromatic carbocycles. The third-order valence-electron chi connectivity index (χ3n) is 4.21. The lowest BCUT2D eigenvalue weighted by Gasteiger charge is -2.32. The van der Waals surface area contributed by atoms with Gasteiger partial charge in [0.2, 0.25) is 0 Å². The standard InChI is InChI=1S/C16H16F3N3O/c17-16(18,19)13-4-2-1-3-12(13)11-6-9-22(10-7-11)15(23)14-5-8-20-21-14/h1-5,8,11H,6-7,9-10H2,(H,20,21). The number of aromatic nitrogens is 2. The second-order valence-corrected chi connectivity index (χ2v) is 5.61. The van der Waals surface area contributed by atoms with Crippen molar-refractivity contribution in [1.82, 2.24) is 15.1 Å². The van der Waals surface area contributed by atoms with Crippen LogP contribution in [0.1, 0.15) is 40.4 Å². The van der Waals surface area contributed by atoms with Gasteiger partial charge in [0, 0.05) is 19.3 Å². The van der Waals surface area contributed by atoms with E-state index in [-0.39, 0.29) is 11.8 Å². The van der Waals surface area contributed by atoms with E-state index in [1.54, 1.807) is 29.3 Å². The minimum Gasteiger partial charge on any atom is -0.337 e. The van der Waals surface area contributed by atoms with Gasteiger partial charge >= 0.3 is 6.18 Å². The van der Waals surface area contributed by atoms with Crippen molar-refractivity contribution < 1.29 is 18.0 Å². The molecule has 1 fully saturated rings. The fourth-order valence-corrected chi connectivity index (χ4v) is 3.05. The highest BCUT2D eigenvalue weighted by molar-refractivity contribution is 5.92. The van der Waals surface area contributed by atoms with Crippen molar-refractivity contribution in [3.63, 3.8) is 0 Å². The zero-order chi connectivity index (χ0) is 16.4. The van der Waals surface area contributed by atoms with Crippen molar-refractivity contribution in [2.24, 2.45) is 0 Å². The fraction of sp³-hybridized carbons (Fsp3) is 0.375. The number of aromatic amines is 1. The van der Waals surface area contributed by atoms with Gasteiger partial charge in [-0.15, -0.1) is 0 Å². The Kier molecular flexibility index (Phi) is 4.11. The molecular formula is C16H16F3N3O. The number of hydrogen-bond acceptors (Lipinski definition) is 2. The van der Waals surface area contributed by atoms with Crippen LogP contribution >= 0.6 is 0 Å². The van der Waals surface area contributed by atoms with E-state index in [1.165, 1.54) is 6.07 Å². The number of nitrogens with zero attached hydrogens (tertiary/aromatic N) is 2. The molecule has 1 N–H and O–H groups in total. The van der Waals surface area contributed by atoms with Crippen LogP contribution in [0.3, 0.4) is 0 Å². The van der Waals surface area contributed by atoms with Crippen LogP contribution in [-0.2, 0) is 6.18 Å². The Labute approximate surface area is 131 Å². The minimum atomic E-state index is -4.35. The van der Waals surface area contributed by atoms with Gasteiger partial charge in [-0.2, -0.15) is 18.3 Å². The molecule has 0 spiro atoms. The number of H-pyrrole nitrogens is 1. The van der Waals surface area contributed by atoms with Crippen LogP contribution in [0.2, 0.25) is 0 Å². The van der Waals surface area contributed by atoms with Gasteiger partial charge in [0.25, 0.3) is 5.91 Å². The summed E-state index contributed by atoms with van der Waals surface area (Å²) in [5.41, 5.74) is 0.0862. The van der Waals surface area contributed by atoms with Crippen LogP contribution in [0, 0.1) is 0 Å². The number of amides is 1. The molecule has 1 amide bonds. The molecule has 1 aliphatic heterocycles. The predicted molar refractivity (Wildman–Crippen MR) is 77.9 cm³/mol. The van der Waals surface area contributed by atoms with Crippen molar-refractivity contribution in [2.45, 2.75) is 24.9 Å². The molecular weight excluding hydrogens is 307 g/mol. The number of carbonyl (C=O) groups excluding carboxylic acids is 1. The van der Waals surface area contributed by atoms with E-state index in [0.717, 1.165) is 6.07 Å². The quantitative estimate of drug-likeness (QED) is 0.920. The Morgan fingerprint density at radius 3 is 2.48 bits per heavy atom. The van der Waals surface area contributed by atoms with Gasteiger partial charge in [-0.05, 0) is 36.5 Å². The lowest BCUT2D eigenvalue weighted by Crippen LogP contribution is -2.38. The highest BCUT2D eigenvalue weighted by atomic mass is 19.4. The van der Waals surface area contributed by atoms with E-state index in [9.17, 15) is 18.0 Å². The number of carbonyl (C=O) groups is 1. The maximum atomic E-state index is 13.1. The number of likely N-dealkylation sites (tertiary alicyclic amines) is 1. The average molecular weight is 323 g/mol. The van der Waals surface area contributed by atoms with Gasteiger partial charge in [0.05, 0.1) is 5.56 Å². The maximum Gasteiger partial charge on any atom is 0.416 e. The summed E-state index contributed by atoms with van der Waals surface area (Å²) in [7, 11) is 0. The largest absolute Gasteiger partial charge is 0.416 e. The molecule has 0 atom stereocenters. The first-order valence-corrected chi connectivity index (χ1v) is 7.42. The third kappa shape index (κ3) is 3.23. The molecule has 0 aliphatic carbocycles. The molecule has 0 radical (unpaired) electrons. The molecule has 0 unspecified atom stereocenters. The number of nitrogens with one attached hydrogen (secondary N) is 1. The Hall–Kier alpha value is -2.31. The predicted octanol–water partition coefficient (Wildman–Crippen LogP) is 3.45. The number of halogens is 3. The molecule has 2 heterocycles. The number of piperidine rings is 1. The highest BCUT2D eigenvalue weighted by Crippen LogP contribution is 2.38. The van der Waals surface area contributed by atoms with Crippen molar-refractivity contribution in [1.29, 1.82) is 0 Å². The molecule has 7 heteroatoms. The summed E-state index contributed by atoms with van der Waals surface area (Å²) in [5, 5.41) is 6.44. The lowest BCUT2D eigenvalue weighted by atomic mass is 9.86. The van der Waals surface area contributed by atoms with Crippen LogP contribution in [-0.4, -0.2) is 34.1 Å². The van der Waals surface area contributed by atoms with Gasteiger partial charge in [-0.25, -0.2) is 0 Å². The van der Waals surface area contributed by atoms with Crippen LogP contribution in [0.25, 0.3) is 0 Å². The van der Waals surface area contributed by atoms with Gasteiger partial charge < -0.3 is 4.90 Å². The molecule has 3 rings (SSSR count). The first-order valence-electron chi connectivity index (χ1n) is 7.42. The van der Waals surface area contributed by atoms with Crippen LogP contribution in [0.4, 0.5) is 13.2 Å². The lowest BCUT2D eigenvalue weighted by molar-refractivity contribution is -0.138. The van der Waals surface area contributed by atoms with E-state index in [4.69, 9.17) is 0 Å². The molecule has 1 aromatic heterocycles. The molecule has 0 saturated carbocycles. The Balaban J connectivity index is 1.72. The molecule has 2 aromatic rings. The van der Waals surface area contributed by atoms with Gasteiger partial charge in [0.1, 0.15) is 5.69 Å². The molecule has 122 valence electrons. The molecule has 0 bridgehead atoms. The normalized spacial score (nSPS) is 16.6. The number of benzene rings is 1. The summed E-state index contributed by atoms with van der Waals surface area (Å²) in [6.07, 6.45) is -1.75. The smallest absolute Gasteiger partial charge is 0.337 e. The van der Waals surface area contributed by atoms with Crippen molar-refractivity contribution in [2.75, 3.05) is 13.1 Å². The SMILES string of the molecule is O=C(c1cc[nH]n1)N1CCC(c2ccccc2C(F)(F)F)CC1. The highest BCUT2D eigenvalue weighted by Gasteiger charge is 2.36. The molecule has 1 saturated heterocycles. The molecule has 23 heavy (non-hydrogen) atoms. The zero-order valence-electron chi connectivity index (χ0n) is 12.3. The van der Waals surface area contributed by atoms with E-state index >= 15 is 0 Å². The van der Waals surface area contributed by atoms with E-state index in [1.807, 2.05) is 0 Å². The van der Waals surface area contributed by atoms with E-state index in [0.29, 0.717) is 37.2 Å². The summed E-state index contributed by atoms with van der Waals surface area (Å²) in [5.74, 6) is -0.370. The number of rotatable bonds is 2. The minimum absolute atomic E-state index is 0.184. The second-order valence-electron chi connectivity index (χ2n) is 5.61. The first kappa shape index (κ1) is 15.6. The summed E-state index contributed by atoms with van der Waals surface area (Å²) < 4.78 is 39.4. The Morgan fingerprint density at radius 2 is 1.87 bits per heavy atom. The zero-order valence-corrected chi connectivity index (χ0v) is 12.3. The molecule has 1 aliphatic rings. The van der Waals surface area contributed by atoms with E-state index < -0.39 is 11.7 Å². The summed E-state index contributed by atoms with van der Waals surface area (Å²) in [4.78, 5) is 13.8. The number of hydrogen-bond donors (Lipinski definition) is 1. The van der Waals surface area contributed by atoms with E-state index in [2.05, 4.69) is 10.2 Å². The first-order chi connectivity index (χ1) is 11.0. The van der Waals surface area contributed by atoms with Gasteiger partial charge in [0.15, 0.2) is 0 Å². The number of alkyl halides is 3.